The first kappa shape index (κ1) is 17.6. The molecule has 8 nitrogen and oxygen atoms in total. The van der Waals surface area contributed by atoms with Gasteiger partial charge in [0.2, 0.25) is 5.88 Å². The number of nitrogens with one attached hydrogen (secondary N) is 1. The molecule has 2 heterocycles. The Labute approximate surface area is 159 Å². The van der Waals surface area contributed by atoms with Gasteiger partial charge in [-0.25, -0.2) is 4.68 Å². The number of benzene rings is 2. The lowest BCUT2D eigenvalue weighted by Gasteiger charge is -2.04. The number of nitrogens with zero attached hydrogens (tertiary/aromatic N) is 4. The summed E-state index contributed by atoms with van der Waals surface area (Å²) in [4.78, 5) is 27.7. The van der Waals surface area contributed by atoms with Crippen molar-refractivity contribution < 1.29 is 9.90 Å². The summed E-state index contributed by atoms with van der Waals surface area (Å²) in [5, 5.41) is 23.4. The van der Waals surface area contributed by atoms with Gasteiger partial charge in [-0.3, -0.25) is 9.59 Å². The number of carbonyl (C=O) groups excluding carboxylic acids is 1. The van der Waals surface area contributed by atoms with Crippen LogP contribution in [-0.2, 0) is 7.05 Å². The first-order valence-corrected chi connectivity index (χ1v) is 8.61. The monoisotopic (exact) mass is 375 g/mol. The molecule has 2 N–H and O–H groups in total. The molecule has 0 fully saturated rings. The lowest BCUT2D eigenvalue weighted by Crippen LogP contribution is -2.22. The third-order valence-electron chi connectivity index (χ3n) is 4.86. The van der Waals surface area contributed by atoms with Crippen LogP contribution in [0, 0.1) is 13.8 Å². The smallest absolute Gasteiger partial charge is 0.316 e. The largest absolute Gasteiger partial charge is 0.493 e. The molecule has 2 aromatic carbocycles. The molecule has 2 aromatic heterocycles. The maximum Gasteiger partial charge on any atom is 0.316 e. The molecule has 0 saturated heterocycles. The summed E-state index contributed by atoms with van der Waals surface area (Å²) in [6.07, 6.45) is 0. The molecule has 0 atom stereocenters. The van der Waals surface area contributed by atoms with E-state index in [-0.39, 0.29) is 22.8 Å². The number of amides is 1. The van der Waals surface area contributed by atoms with Gasteiger partial charge in [0.25, 0.3) is 5.56 Å². The highest BCUT2D eigenvalue weighted by molar-refractivity contribution is 6.05. The molecule has 0 aliphatic carbocycles. The molecule has 0 aliphatic heterocycles. The van der Waals surface area contributed by atoms with Crippen molar-refractivity contribution in [3.05, 3.63) is 63.6 Å². The predicted molar refractivity (Wildman–Crippen MR) is 105 cm³/mol. The number of azo groups is 1. The van der Waals surface area contributed by atoms with Gasteiger partial charge in [0, 0.05) is 17.8 Å². The zero-order chi connectivity index (χ0) is 20.0. The van der Waals surface area contributed by atoms with E-state index in [0.29, 0.717) is 16.2 Å². The quantitative estimate of drug-likeness (QED) is 0.521. The van der Waals surface area contributed by atoms with Crippen LogP contribution in [0.4, 0.5) is 5.69 Å². The second-order valence-electron chi connectivity index (χ2n) is 6.58. The molecule has 0 saturated carbocycles. The molecule has 0 radical (unpaired) electrons. The van der Waals surface area contributed by atoms with Crippen molar-refractivity contribution >= 4 is 33.3 Å². The molecule has 140 valence electrons. The third kappa shape index (κ3) is 2.66. The molecule has 8 heteroatoms. The Balaban J connectivity index is 1.81. The molecular formula is C20H17N5O3. The average molecular weight is 375 g/mol. The average Bonchev–Trinajstić information content (AvgIpc) is 3.01. The Hall–Kier alpha value is -3.81. The molecule has 0 unspecified atom stereocenters. The predicted octanol–water partition coefficient (Wildman–Crippen LogP) is 3.66. The van der Waals surface area contributed by atoms with Gasteiger partial charge in [0.15, 0.2) is 11.4 Å². The Morgan fingerprint density at radius 1 is 1.11 bits per heavy atom. The summed E-state index contributed by atoms with van der Waals surface area (Å²) < 4.78 is 1.10. The van der Waals surface area contributed by atoms with Crippen LogP contribution in [-0.4, -0.2) is 25.8 Å². The number of fused-ring (bicyclic) bond motifs is 2. The number of aromatic amines is 1. The fraction of sp³-hybridized carbons (Fsp3) is 0.150. The fourth-order valence-electron chi connectivity index (χ4n) is 3.18. The summed E-state index contributed by atoms with van der Waals surface area (Å²) >= 11 is 0. The first-order chi connectivity index (χ1) is 13.4. The molecule has 28 heavy (non-hydrogen) atoms. The van der Waals surface area contributed by atoms with Crippen LogP contribution in [0.25, 0.3) is 21.7 Å². The van der Waals surface area contributed by atoms with Crippen molar-refractivity contribution in [1.82, 2.24) is 14.8 Å². The van der Waals surface area contributed by atoms with E-state index in [4.69, 9.17) is 0 Å². The number of aryl methyl sites for hydroxylation is 3. The summed E-state index contributed by atoms with van der Waals surface area (Å²) in [5.74, 6) is -0.872. The molecule has 4 rings (SSSR count). The number of H-pyrrole nitrogens is 1. The summed E-state index contributed by atoms with van der Waals surface area (Å²) in [7, 11) is 1.47. The second kappa shape index (κ2) is 6.41. The van der Waals surface area contributed by atoms with Gasteiger partial charge in [-0.2, -0.15) is 5.10 Å². The topological polar surface area (TPSA) is 113 Å². The molecular weight excluding hydrogens is 358 g/mol. The van der Waals surface area contributed by atoms with Crippen molar-refractivity contribution in [1.29, 1.82) is 0 Å². The van der Waals surface area contributed by atoms with Crippen LogP contribution < -0.4 is 5.56 Å². The summed E-state index contributed by atoms with van der Waals surface area (Å²) in [6.45, 7) is 3.90. The minimum Gasteiger partial charge on any atom is -0.493 e. The lowest BCUT2D eigenvalue weighted by molar-refractivity contribution is 0.0990. The number of aromatic hydroxyl groups is 1. The van der Waals surface area contributed by atoms with Crippen LogP contribution in [0.5, 0.6) is 5.88 Å². The third-order valence-corrected chi connectivity index (χ3v) is 4.86. The van der Waals surface area contributed by atoms with E-state index in [1.54, 1.807) is 24.3 Å². The number of aromatic nitrogens is 3. The maximum absolute atomic E-state index is 12.7. The number of hydrogen-bond donors (Lipinski definition) is 2. The standard InChI is InChI=1S/C20H17N5O3/c1-10-8-9-14-15(11(10)2)21-18(26)16(14)22-23-19(27)17-12-6-4-5-7-13(12)20(28)25(3)24-17/h4-9,21,26H,1-3H3. The Bertz CT molecular complexity index is 1350. The molecule has 0 spiro atoms. The van der Waals surface area contributed by atoms with E-state index in [0.717, 1.165) is 21.3 Å². The van der Waals surface area contributed by atoms with E-state index in [2.05, 4.69) is 20.3 Å². The summed E-state index contributed by atoms with van der Waals surface area (Å²) in [5.41, 5.74) is 2.68. The maximum atomic E-state index is 12.7. The number of hydrogen-bond acceptors (Lipinski definition) is 5. The lowest BCUT2D eigenvalue weighted by atomic mass is 10.1. The van der Waals surface area contributed by atoms with Crippen LogP contribution in [0.3, 0.4) is 0 Å². The second-order valence-corrected chi connectivity index (χ2v) is 6.58. The SMILES string of the molecule is Cc1ccc2c(N=NC(=O)c3nn(C)c(=O)c4ccccc34)c(O)[nH]c2c1C. The zero-order valence-corrected chi connectivity index (χ0v) is 15.5. The van der Waals surface area contributed by atoms with E-state index in [1.807, 2.05) is 26.0 Å². The number of rotatable bonds is 2. The van der Waals surface area contributed by atoms with Crippen molar-refractivity contribution in [2.24, 2.45) is 17.3 Å². The van der Waals surface area contributed by atoms with Gasteiger partial charge in [-0.05, 0) is 31.0 Å². The minimum absolute atomic E-state index is 0.0211. The van der Waals surface area contributed by atoms with E-state index < -0.39 is 5.91 Å². The van der Waals surface area contributed by atoms with E-state index in [9.17, 15) is 14.7 Å². The van der Waals surface area contributed by atoms with Gasteiger partial charge < -0.3 is 10.1 Å². The van der Waals surface area contributed by atoms with Crippen LogP contribution in [0.2, 0.25) is 0 Å². The molecule has 4 aromatic rings. The zero-order valence-electron chi connectivity index (χ0n) is 15.5. The van der Waals surface area contributed by atoms with Crippen molar-refractivity contribution in [2.75, 3.05) is 0 Å². The van der Waals surface area contributed by atoms with Crippen molar-refractivity contribution in [2.45, 2.75) is 13.8 Å². The van der Waals surface area contributed by atoms with Gasteiger partial charge in [0.1, 0.15) is 0 Å². The Kier molecular flexibility index (Phi) is 4.03. The highest BCUT2D eigenvalue weighted by Crippen LogP contribution is 2.37. The Morgan fingerprint density at radius 2 is 1.82 bits per heavy atom. The minimum atomic E-state index is -0.704. The van der Waals surface area contributed by atoms with Crippen LogP contribution in [0.1, 0.15) is 21.6 Å². The Morgan fingerprint density at radius 3 is 2.57 bits per heavy atom. The van der Waals surface area contributed by atoms with Gasteiger partial charge in [-0.15, -0.1) is 10.2 Å². The highest BCUT2D eigenvalue weighted by atomic mass is 16.3. The fourth-order valence-corrected chi connectivity index (χ4v) is 3.18. The first-order valence-electron chi connectivity index (χ1n) is 8.61. The van der Waals surface area contributed by atoms with Crippen molar-refractivity contribution in [3.63, 3.8) is 0 Å². The molecule has 0 bridgehead atoms. The van der Waals surface area contributed by atoms with Crippen LogP contribution >= 0.6 is 0 Å². The van der Waals surface area contributed by atoms with Crippen molar-refractivity contribution in [3.8, 4) is 5.88 Å². The highest BCUT2D eigenvalue weighted by Gasteiger charge is 2.17. The van der Waals surface area contributed by atoms with Gasteiger partial charge >= 0.3 is 5.91 Å². The van der Waals surface area contributed by atoms with Gasteiger partial charge in [-0.1, -0.05) is 30.3 Å². The van der Waals surface area contributed by atoms with E-state index in [1.165, 1.54) is 7.05 Å². The van der Waals surface area contributed by atoms with Crippen LogP contribution in [0.15, 0.2) is 51.4 Å². The van der Waals surface area contributed by atoms with E-state index >= 15 is 0 Å². The normalized spacial score (nSPS) is 11.7. The number of carbonyl (C=O) groups is 1. The molecule has 0 aliphatic rings. The molecule has 1 amide bonds. The summed E-state index contributed by atoms with van der Waals surface area (Å²) in [6, 6.07) is 10.4. The van der Waals surface area contributed by atoms with Gasteiger partial charge in [0.05, 0.1) is 10.9 Å².